The van der Waals surface area contributed by atoms with E-state index < -0.39 is 10.1 Å². The summed E-state index contributed by atoms with van der Waals surface area (Å²) in [4.78, 5) is -0.0666. The summed E-state index contributed by atoms with van der Waals surface area (Å²) < 4.78 is 30.9. The van der Waals surface area contributed by atoms with Crippen LogP contribution in [0.25, 0.3) is 0 Å². The molecule has 2 aromatic rings. The molecular formula is C14H15IO3S. The summed E-state index contributed by atoms with van der Waals surface area (Å²) in [7, 11) is -4.02. The van der Waals surface area contributed by atoms with Crippen molar-refractivity contribution in [2.75, 3.05) is 0 Å². The third kappa shape index (κ3) is 6.17. The van der Waals surface area contributed by atoms with Crippen molar-refractivity contribution in [1.29, 1.82) is 0 Å². The quantitative estimate of drug-likeness (QED) is 0.595. The maximum Gasteiger partial charge on any atom is 0.294 e. The minimum absolute atomic E-state index is 0.0666. The Hall–Kier alpha value is -0.920. The van der Waals surface area contributed by atoms with Gasteiger partial charge in [-0.25, -0.2) is 0 Å². The number of hydrogen-bond acceptors (Lipinski definition) is 2. The van der Waals surface area contributed by atoms with E-state index in [-0.39, 0.29) is 4.90 Å². The van der Waals surface area contributed by atoms with Crippen molar-refractivity contribution < 1.29 is 13.0 Å². The number of rotatable bonds is 1. The first-order chi connectivity index (χ1) is 8.79. The smallest absolute Gasteiger partial charge is 0.282 e. The number of benzene rings is 2. The molecule has 1 N–H and O–H groups in total. The fourth-order valence-electron chi connectivity index (χ4n) is 1.32. The number of aryl methyl sites for hydroxylation is 2. The van der Waals surface area contributed by atoms with Crippen LogP contribution in [0.5, 0.6) is 0 Å². The Labute approximate surface area is 127 Å². The second-order valence-corrected chi connectivity index (χ2v) is 6.75. The fraction of sp³-hybridized carbons (Fsp3) is 0.143. The average molecular weight is 390 g/mol. The normalized spacial score (nSPS) is 10.5. The first-order valence-electron chi connectivity index (χ1n) is 5.55. The van der Waals surface area contributed by atoms with Crippen molar-refractivity contribution in [2.45, 2.75) is 18.7 Å². The lowest BCUT2D eigenvalue weighted by atomic mass is 10.2. The van der Waals surface area contributed by atoms with E-state index in [4.69, 9.17) is 4.55 Å². The zero-order chi connectivity index (χ0) is 14.5. The minimum Gasteiger partial charge on any atom is -0.282 e. The molecule has 0 amide bonds. The predicted octanol–water partition coefficient (Wildman–Crippen LogP) is 3.84. The van der Waals surface area contributed by atoms with E-state index in [0.29, 0.717) is 0 Å². The summed E-state index contributed by atoms with van der Waals surface area (Å²) in [6.45, 7) is 3.94. The first kappa shape index (κ1) is 16.1. The molecule has 102 valence electrons. The van der Waals surface area contributed by atoms with Gasteiger partial charge in [-0.05, 0) is 60.7 Å². The SMILES string of the molecule is Cc1ccc(S(=O)(=O)O)cc1.Cc1cccc(I)c1. The van der Waals surface area contributed by atoms with Crippen molar-refractivity contribution in [3.63, 3.8) is 0 Å². The highest BCUT2D eigenvalue weighted by Crippen LogP contribution is 2.08. The number of halogens is 1. The van der Waals surface area contributed by atoms with Crippen molar-refractivity contribution in [3.05, 3.63) is 63.2 Å². The van der Waals surface area contributed by atoms with Crippen molar-refractivity contribution in [1.82, 2.24) is 0 Å². The van der Waals surface area contributed by atoms with Crippen LogP contribution in [0.15, 0.2) is 53.4 Å². The highest BCUT2D eigenvalue weighted by molar-refractivity contribution is 14.1. The summed E-state index contributed by atoms with van der Waals surface area (Å²) in [5.74, 6) is 0. The summed E-state index contributed by atoms with van der Waals surface area (Å²) in [5.41, 5.74) is 2.29. The van der Waals surface area contributed by atoms with Gasteiger partial charge in [0.2, 0.25) is 0 Å². The van der Waals surface area contributed by atoms with Crippen molar-refractivity contribution in [3.8, 4) is 0 Å². The Morgan fingerprint density at radius 3 is 1.89 bits per heavy atom. The van der Waals surface area contributed by atoms with Gasteiger partial charge in [-0.15, -0.1) is 0 Å². The van der Waals surface area contributed by atoms with Crippen LogP contribution in [0.2, 0.25) is 0 Å². The van der Waals surface area contributed by atoms with Crippen LogP contribution in [0.4, 0.5) is 0 Å². The van der Waals surface area contributed by atoms with Gasteiger partial charge in [-0.1, -0.05) is 35.4 Å². The lowest BCUT2D eigenvalue weighted by molar-refractivity contribution is 0.483. The van der Waals surface area contributed by atoms with Crippen LogP contribution in [-0.4, -0.2) is 13.0 Å². The van der Waals surface area contributed by atoms with Gasteiger partial charge in [0, 0.05) is 3.57 Å². The monoisotopic (exact) mass is 390 g/mol. The summed E-state index contributed by atoms with van der Waals surface area (Å²) in [6.07, 6.45) is 0. The van der Waals surface area contributed by atoms with E-state index in [2.05, 4.69) is 53.8 Å². The third-order valence-corrected chi connectivity index (χ3v) is 3.84. The summed E-state index contributed by atoms with van der Waals surface area (Å²) in [6, 6.07) is 14.4. The maximum atomic E-state index is 10.5. The molecule has 0 aromatic heterocycles. The van der Waals surface area contributed by atoms with Crippen LogP contribution >= 0.6 is 22.6 Å². The van der Waals surface area contributed by atoms with Crippen LogP contribution in [0.1, 0.15) is 11.1 Å². The summed E-state index contributed by atoms with van der Waals surface area (Å²) >= 11 is 2.31. The van der Waals surface area contributed by atoms with E-state index in [9.17, 15) is 8.42 Å². The van der Waals surface area contributed by atoms with Crippen molar-refractivity contribution in [2.24, 2.45) is 0 Å². The lowest BCUT2D eigenvalue weighted by Crippen LogP contribution is -1.96. The molecule has 3 nitrogen and oxygen atoms in total. The Morgan fingerprint density at radius 1 is 0.947 bits per heavy atom. The van der Waals surface area contributed by atoms with Crippen LogP contribution in [0, 0.1) is 17.4 Å². The van der Waals surface area contributed by atoms with Gasteiger partial charge in [0.1, 0.15) is 0 Å². The topological polar surface area (TPSA) is 54.4 Å². The molecule has 2 aromatic carbocycles. The molecule has 0 fully saturated rings. The van der Waals surface area contributed by atoms with Gasteiger partial charge in [0.15, 0.2) is 0 Å². The lowest BCUT2D eigenvalue weighted by Gasteiger charge is -1.95. The molecule has 0 heterocycles. The Bertz CT molecular complexity index is 617. The Morgan fingerprint density at radius 2 is 1.53 bits per heavy atom. The highest BCUT2D eigenvalue weighted by atomic mass is 127. The molecule has 0 aliphatic rings. The molecule has 0 aliphatic heterocycles. The molecule has 5 heteroatoms. The van der Waals surface area contributed by atoms with Gasteiger partial charge in [-0.3, -0.25) is 4.55 Å². The van der Waals surface area contributed by atoms with Crippen LogP contribution in [-0.2, 0) is 10.1 Å². The first-order valence-corrected chi connectivity index (χ1v) is 8.07. The largest absolute Gasteiger partial charge is 0.294 e. The maximum absolute atomic E-state index is 10.5. The highest BCUT2D eigenvalue weighted by Gasteiger charge is 2.06. The molecule has 0 aliphatic carbocycles. The fourth-order valence-corrected chi connectivity index (χ4v) is 2.49. The van der Waals surface area contributed by atoms with Gasteiger partial charge < -0.3 is 0 Å². The van der Waals surface area contributed by atoms with E-state index in [1.165, 1.54) is 21.3 Å². The van der Waals surface area contributed by atoms with Gasteiger partial charge in [0.05, 0.1) is 4.90 Å². The second kappa shape index (κ2) is 7.02. The summed E-state index contributed by atoms with van der Waals surface area (Å²) in [5, 5.41) is 0. The molecule has 19 heavy (non-hydrogen) atoms. The van der Waals surface area contributed by atoms with E-state index in [1.807, 2.05) is 6.92 Å². The Balaban J connectivity index is 0.000000200. The molecular weight excluding hydrogens is 375 g/mol. The minimum atomic E-state index is -4.02. The third-order valence-electron chi connectivity index (χ3n) is 2.30. The molecule has 0 unspecified atom stereocenters. The number of hydrogen-bond donors (Lipinski definition) is 1. The molecule has 0 spiro atoms. The van der Waals surface area contributed by atoms with Gasteiger partial charge in [0.25, 0.3) is 10.1 Å². The van der Waals surface area contributed by atoms with E-state index in [1.54, 1.807) is 12.1 Å². The molecule has 2 rings (SSSR count). The van der Waals surface area contributed by atoms with Crippen LogP contribution in [0.3, 0.4) is 0 Å². The molecule has 0 saturated heterocycles. The predicted molar refractivity (Wildman–Crippen MR) is 84.9 cm³/mol. The molecule has 0 radical (unpaired) electrons. The van der Waals surface area contributed by atoms with E-state index >= 15 is 0 Å². The zero-order valence-corrected chi connectivity index (χ0v) is 13.6. The molecule has 0 bridgehead atoms. The van der Waals surface area contributed by atoms with E-state index in [0.717, 1.165) is 5.56 Å². The Kier molecular flexibility index (Phi) is 5.96. The second-order valence-electron chi connectivity index (χ2n) is 4.09. The van der Waals surface area contributed by atoms with Gasteiger partial charge in [-0.2, -0.15) is 8.42 Å². The molecule has 0 atom stereocenters. The zero-order valence-electron chi connectivity index (χ0n) is 10.7. The molecule has 0 saturated carbocycles. The van der Waals surface area contributed by atoms with Crippen LogP contribution < -0.4 is 0 Å². The average Bonchev–Trinajstić information content (AvgIpc) is 2.28. The van der Waals surface area contributed by atoms with Gasteiger partial charge >= 0.3 is 0 Å². The standard InChI is InChI=1S/C7H7I.C7H8O3S/c1-6-3-2-4-7(8)5-6;1-6-2-4-7(5-3-6)11(8,9)10/h2-5H,1H3;2-5H,1H3,(H,8,9,10). The van der Waals surface area contributed by atoms with Crippen molar-refractivity contribution >= 4 is 32.7 Å².